The van der Waals surface area contributed by atoms with Crippen molar-refractivity contribution in [1.29, 1.82) is 0 Å². The molecule has 15 heavy (non-hydrogen) atoms. The Morgan fingerprint density at radius 1 is 1.40 bits per heavy atom. The monoisotopic (exact) mass is 220 g/mol. The number of carbonyl (C=O) groups is 2. The van der Waals surface area contributed by atoms with Crippen LogP contribution in [0.4, 0.5) is 0 Å². The maximum Gasteiger partial charge on any atom is 0.307 e. The summed E-state index contributed by atoms with van der Waals surface area (Å²) >= 11 is 0. The van der Waals surface area contributed by atoms with E-state index < -0.39 is 18.2 Å². The van der Waals surface area contributed by atoms with E-state index in [1.165, 1.54) is 0 Å². The molecule has 0 saturated carbocycles. The van der Waals surface area contributed by atoms with Gasteiger partial charge in [0.2, 0.25) is 0 Å². The van der Waals surface area contributed by atoms with Gasteiger partial charge in [0, 0.05) is 13.1 Å². The van der Waals surface area contributed by atoms with Crippen LogP contribution in [0.25, 0.3) is 0 Å². The van der Waals surface area contributed by atoms with Crippen molar-refractivity contribution in [3.05, 3.63) is 0 Å². The Morgan fingerprint density at radius 3 is 2.53 bits per heavy atom. The SMILES string of the molecule is NCC(NCCO)OC(=O)CCC(=O)O. The third-order valence-corrected chi connectivity index (χ3v) is 1.51. The number of rotatable bonds is 8. The largest absolute Gasteiger partial charge is 0.481 e. The van der Waals surface area contributed by atoms with E-state index in [0.717, 1.165) is 0 Å². The van der Waals surface area contributed by atoms with Gasteiger partial charge in [0.1, 0.15) is 0 Å². The highest BCUT2D eigenvalue weighted by Crippen LogP contribution is 1.95. The molecule has 0 rings (SSSR count). The summed E-state index contributed by atoms with van der Waals surface area (Å²) in [5.41, 5.74) is 5.28. The topological polar surface area (TPSA) is 122 Å². The average Bonchev–Trinajstić information content (AvgIpc) is 2.21. The van der Waals surface area contributed by atoms with Crippen LogP contribution in [-0.4, -0.2) is 48.1 Å². The quantitative estimate of drug-likeness (QED) is 0.283. The molecule has 5 N–H and O–H groups in total. The van der Waals surface area contributed by atoms with Crippen molar-refractivity contribution < 1.29 is 24.5 Å². The fourth-order valence-corrected chi connectivity index (χ4v) is 0.825. The first kappa shape index (κ1) is 13.8. The van der Waals surface area contributed by atoms with Crippen LogP contribution in [0.2, 0.25) is 0 Å². The van der Waals surface area contributed by atoms with Crippen LogP contribution in [0.15, 0.2) is 0 Å². The molecule has 0 aromatic rings. The summed E-state index contributed by atoms with van der Waals surface area (Å²) in [6.07, 6.45) is -1.14. The smallest absolute Gasteiger partial charge is 0.307 e. The number of aliphatic hydroxyl groups excluding tert-OH is 1. The second-order valence-electron chi connectivity index (χ2n) is 2.79. The van der Waals surface area contributed by atoms with Gasteiger partial charge in [0.15, 0.2) is 6.23 Å². The van der Waals surface area contributed by atoms with E-state index in [0.29, 0.717) is 0 Å². The molecule has 0 aliphatic heterocycles. The Morgan fingerprint density at radius 2 is 2.07 bits per heavy atom. The third-order valence-electron chi connectivity index (χ3n) is 1.51. The number of hydrogen-bond donors (Lipinski definition) is 4. The molecule has 0 heterocycles. The van der Waals surface area contributed by atoms with E-state index in [2.05, 4.69) is 5.32 Å². The second-order valence-corrected chi connectivity index (χ2v) is 2.79. The molecule has 0 aromatic heterocycles. The van der Waals surface area contributed by atoms with Crippen LogP contribution in [0.5, 0.6) is 0 Å². The number of carboxylic acids is 1. The lowest BCUT2D eigenvalue weighted by molar-refractivity contribution is -0.153. The Labute approximate surface area is 87.2 Å². The van der Waals surface area contributed by atoms with Gasteiger partial charge in [0.25, 0.3) is 0 Å². The fourth-order valence-electron chi connectivity index (χ4n) is 0.825. The Kier molecular flexibility index (Phi) is 7.51. The highest BCUT2D eigenvalue weighted by Gasteiger charge is 2.12. The fraction of sp³-hybridized carbons (Fsp3) is 0.750. The maximum atomic E-state index is 11.0. The van der Waals surface area contributed by atoms with Gasteiger partial charge in [-0.25, -0.2) is 0 Å². The summed E-state index contributed by atoms with van der Waals surface area (Å²) in [5, 5.41) is 19.5. The van der Waals surface area contributed by atoms with Gasteiger partial charge in [-0.2, -0.15) is 0 Å². The van der Waals surface area contributed by atoms with Crippen molar-refractivity contribution in [2.75, 3.05) is 19.7 Å². The molecule has 0 saturated heterocycles. The molecule has 88 valence electrons. The van der Waals surface area contributed by atoms with Crippen molar-refractivity contribution in [3.63, 3.8) is 0 Å². The Bertz CT molecular complexity index is 209. The van der Waals surface area contributed by atoms with Gasteiger partial charge >= 0.3 is 11.9 Å². The molecule has 0 radical (unpaired) electrons. The van der Waals surface area contributed by atoms with Gasteiger partial charge in [-0.1, -0.05) is 0 Å². The highest BCUT2D eigenvalue weighted by atomic mass is 16.6. The van der Waals surface area contributed by atoms with Gasteiger partial charge in [0.05, 0.1) is 19.4 Å². The molecular formula is C8H16N2O5. The predicted octanol–water partition coefficient (Wildman–Crippen LogP) is -1.74. The first-order valence-corrected chi connectivity index (χ1v) is 4.55. The Balaban J connectivity index is 3.74. The van der Waals surface area contributed by atoms with E-state index in [9.17, 15) is 9.59 Å². The number of nitrogens with two attached hydrogens (primary N) is 1. The lowest BCUT2D eigenvalue weighted by atomic mass is 10.3. The van der Waals surface area contributed by atoms with Crippen LogP contribution in [0.1, 0.15) is 12.8 Å². The number of carboxylic acid groups (broad SMARTS) is 1. The molecule has 0 aliphatic rings. The minimum Gasteiger partial charge on any atom is -0.481 e. The van der Waals surface area contributed by atoms with E-state index in [1.54, 1.807) is 0 Å². The standard InChI is InChI=1S/C8H16N2O5/c9-5-6(10-3-4-11)15-8(14)2-1-7(12)13/h6,10-11H,1-5,9H2,(H,12,13). The average molecular weight is 220 g/mol. The van der Waals surface area contributed by atoms with Crippen molar-refractivity contribution in [2.45, 2.75) is 19.1 Å². The number of aliphatic carboxylic acids is 1. The Hall–Kier alpha value is -1.18. The molecule has 0 amide bonds. The number of ether oxygens (including phenoxy) is 1. The second kappa shape index (κ2) is 8.16. The third kappa shape index (κ3) is 7.86. The number of hydrogen-bond acceptors (Lipinski definition) is 6. The molecular weight excluding hydrogens is 204 g/mol. The first-order valence-electron chi connectivity index (χ1n) is 4.55. The lowest BCUT2D eigenvalue weighted by Crippen LogP contribution is -2.41. The first-order chi connectivity index (χ1) is 7.10. The molecule has 7 nitrogen and oxygen atoms in total. The summed E-state index contributed by atoms with van der Waals surface area (Å²) in [6.45, 7) is 0.232. The van der Waals surface area contributed by atoms with Crippen LogP contribution >= 0.6 is 0 Å². The molecule has 0 aliphatic carbocycles. The number of carbonyl (C=O) groups excluding carboxylic acids is 1. The van der Waals surface area contributed by atoms with Crippen molar-refractivity contribution in [3.8, 4) is 0 Å². The molecule has 0 bridgehead atoms. The summed E-state index contributed by atoms with van der Waals surface area (Å²) in [4.78, 5) is 21.2. The van der Waals surface area contributed by atoms with E-state index in [-0.39, 0.29) is 32.5 Å². The minimum atomic E-state index is -1.06. The maximum absolute atomic E-state index is 11.0. The van der Waals surface area contributed by atoms with Crippen molar-refractivity contribution in [1.82, 2.24) is 5.32 Å². The molecule has 0 aromatic carbocycles. The zero-order valence-electron chi connectivity index (χ0n) is 8.31. The predicted molar refractivity (Wildman–Crippen MR) is 50.9 cm³/mol. The van der Waals surface area contributed by atoms with E-state index in [4.69, 9.17) is 20.7 Å². The summed E-state index contributed by atoms with van der Waals surface area (Å²) < 4.78 is 4.80. The van der Waals surface area contributed by atoms with Crippen LogP contribution < -0.4 is 11.1 Å². The highest BCUT2D eigenvalue weighted by molar-refractivity contribution is 5.76. The van der Waals surface area contributed by atoms with E-state index in [1.807, 2.05) is 0 Å². The van der Waals surface area contributed by atoms with Gasteiger partial charge < -0.3 is 20.7 Å². The molecule has 1 atom stereocenters. The zero-order chi connectivity index (χ0) is 11.7. The number of esters is 1. The summed E-state index contributed by atoms with van der Waals surface area (Å²) in [5.74, 6) is -1.68. The summed E-state index contributed by atoms with van der Waals surface area (Å²) in [7, 11) is 0. The van der Waals surface area contributed by atoms with Gasteiger partial charge in [-0.05, 0) is 0 Å². The number of aliphatic hydroxyl groups is 1. The number of nitrogens with one attached hydrogen (secondary N) is 1. The van der Waals surface area contributed by atoms with Crippen LogP contribution in [0.3, 0.4) is 0 Å². The van der Waals surface area contributed by atoms with Crippen molar-refractivity contribution in [2.24, 2.45) is 5.73 Å². The molecule has 1 unspecified atom stereocenters. The molecule has 7 heteroatoms. The van der Waals surface area contributed by atoms with Gasteiger partial charge in [-0.3, -0.25) is 14.9 Å². The minimum absolute atomic E-state index is 0.0683. The molecule has 0 fully saturated rings. The van der Waals surface area contributed by atoms with E-state index >= 15 is 0 Å². The summed E-state index contributed by atoms with van der Waals surface area (Å²) in [6, 6.07) is 0. The normalized spacial score (nSPS) is 12.1. The lowest BCUT2D eigenvalue weighted by Gasteiger charge is -2.16. The molecule has 0 spiro atoms. The van der Waals surface area contributed by atoms with Gasteiger partial charge in [-0.15, -0.1) is 0 Å². The van der Waals surface area contributed by atoms with Crippen LogP contribution in [-0.2, 0) is 14.3 Å². The van der Waals surface area contributed by atoms with Crippen LogP contribution in [0, 0.1) is 0 Å². The van der Waals surface area contributed by atoms with Crippen molar-refractivity contribution >= 4 is 11.9 Å². The zero-order valence-corrected chi connectivity index (χ0v) is 8.31.